The summed E-state index contributed by atoms with van der Waals surface area (Å²) in [5.74, 6) is 0. The van der Waals surface area contributed by atoms with E-state index in [1.54, 1.807) is 0 Å². The third kappa shape index (κ3) is 6.66. The van der Waals surface area contributed by atoms with Crippen molar-refractivity contribution in [1.82, 2.24) is 10.2 Å². The summed E-state index contributed by atoms with van der Waals surface area (Å²) in [6, 6.07) is 0. The van der Waals surface area contributed by atoms with E-state index in [0.29, 0.717) is 13.2 Å². The molecule has 5 nitrogen and oxygen atoms in total. The lowest BCUT2D eigenvalue weighted by Crippen LogP contribution is -2.48. The molecule has 2 unspecified atom stereocenters. The number of hydrogen-bond acceptors (Lipinski definition) is 5. The molecule has 0 aliphatic carbocycles. The molecule has 1 saturated heterocycles. The van der Waals surface area contributed by atoms with Crippen LogP contribution in [0, 0.1) is 0 Å². The Morgan fingerprint density at radius 2 is 2.39 bits per heavy atom. The molecule has 0 aromatic heterocycles. The highest BCUT2D eigenvalue weighted by atomic mass is 16.5. The molecule has 0 bridgehead atoms. The average Bonchev–Trinajstić information content (AvgIpc) is 2.35. The zero-order valence-corrected chi connectivity index (χ0v) is 11.7. The van der Waals surface area contributed by atoms with Crippen LogP contribution in [0.1, 0.15) is 19.8 Å². The van der Waals surface area contributed by atoms with Crippen molar-refractivity contribution in [2.45, 2.75) is 32.0 Å². The zero-order valence-electron chi connectivity index (χ0n) is 11.7. The van der Waals surface area contributed by atoms with Crippen LogP contribution in [0.3, 0.4) is 0 Å². The maximum Gasteiger partial charge on any atom is 0.0900 e. The molecular formula is C13H28N2O3. The summed E-state index contributed by atoms with van der Waals surface area (Å²) in [5.41, 5.74) is 0. The predicted octanol–water partition coefficient (Wildman–Crippen LogP) is 0.0842. The van der Waals surface area contributed by atoms with Crippen LogP contribution < -0.4 is 5.32 Å². The van der Waals surface area contributed by atoms with Crippen LogP contribution in [-0.2, 0) is 9.47 Å². The van der Waals surface area contributed by atoms with Gasteiger partial charge in [0.1, 0.15) is 0 Å². The van der Waals surface area contributed by atoms with Gasteiger partial charge in [0.2, 0.25) is 0 Å². The number of hydrogen-bond donors (Lipinski definition) is 2. The first-order valence-corrected chi connectivity index (χ1v) is 7.00. The van der Waals surface area contributed by atoms with E-state index in [4.69, 9.17) is 9.47 Å². The highest BCUT2D eigenvalue weighted by Gasteiger charge is 2.21. The van der Waals surface area contributed by atoms with Gasteiger partial charge in [0.25, 0.3) is 0 Å². The van der Waals surface area contributed by atoms with Gasteiger partial charge in [0.15, 0.2) is 0 Å². The lowest BCUT2D eigenvalue weighted by Gasteiger charge is -2.33. The van der Waals surface area contributed by atoms with Gasteiger partial charge in [-0.15, -0.1) is 0 Å². The highest BCUT2D eigenvalue weighted by Crippen LogP contribution is 2.05. The van der Waals surface area contributed by atoms with Gasteiger partial charge in [-0.25, -0.2) is 0 Å². The molecule has 5 heteroatoms. The summed E-state index contributed by atoms with van der Waals surface area (Å²) < 4.78 is 11.1. The number of nitrogens with zero attached hydrogens (tertiary/aromatic N) is 1. The lowest BCUT2D eigenvalue weighted by atomic mass is 10.2. The highest BCUT2D eigenvalue weighted by molar-refractivity contribution is 4.74. The minimum atomic E-state index is -0.393. The molecule has 0 aromatic carbocycles. The largest absolute Gasteiger partial charge is 0.389 e. The van der Waals surface area contributed by atoms with Gasteiger partial charge < -0.3 is 19.9 Å². The van der Waals surface area contributed by atoms with Crippen molar-refractivity contribution in [3.63, 3.8) is 0 Å². The Balaban J connectivity index is 2.12. The third-order valence-electron chi connectivity index (χ3n) is 3.08. The second-order valence-electron chi connectivity index (χ2n) is 4.89. The van der Waals surface area contributed by atoms with E-state index in [9.17, 15) is 5.11 Å². The normalized spacial score (nSPS) is 23.2. The van der Waals surface area contributed by atoms with Crippen molar-refractivity contribution in [2.24, 2.45) is 0 Å². The second kappa shape index (κ2) is 9.69. The molecule has 1 aliphatic heterocycles. The van der Waals surface area contributed by atoms with Crippen LogP contribution in [0.4, 0.5) is 0 Å². The van der Waals surface area contributed by atoms with Crippen molar-refractivity contribution >= 4 is 0 Å². The maximum absolute atomic E-state index is 9.89. The molecule has 0 saturated carbocycles. The molecule has 1 rings (SSSR count). The summed E-state index contributed by atoms with van der Waals surface area (Å²) in [7, 11) is 1.93. The molecule has 1 aliphatic rings. The number of aliphatic hydroxyl groups is 1. The Kier molecular flexibility index (Phi) is 8.54. The number of rotatable bonds is 9. The van der Waals surface area contributed by atoms with E-state index in [0.717, 1.165) is 45.7 Å². The van der Waals surface area contributed by atoms with E-state index in [-0.39, 0.29) is 6.10 Å². The topological polar surface area (TPSA) is 54.0 Å². The fourth-order valence-corrected chi connectivity index (χ4v) is 2.11. The number of β-amino-alcohol motifs (C(OH)–C–C–N with tert-alkyl or cyclic N) is 1. The standard InChI is InChI=1S/C13H28N2O3/c1-3-4-6-17-11-12(16)9-15-5-7-18-13(10-15)8-14-2/h12-14,16H,3-11H2,1-2H3. The van der Waals surface area contributed by atoms with Crippen molar-refractivity contribution in [1.29, 1.82) is 0 Å². The minimum Gasteiger partial charge on any atom is -0.389 e. The molecule has 1 fully saturated rings. The third-order valence-corrected chi connectivity index (χ3v) is 3.08. The van der Waals surface area contributed by atoms with Crippen molar-refractivity contribution in [3.05, 3.63) is 0 Å². The molecule has 1 heterocycles. The molecule has 0 amide bonds. The van der Waals surface area contributed by atoms with Crippen LogP contribution >= 0.6 is 0 Å². The van der Waals surface area contributed by atoms with Gasteiger partial charge in [0, 0.05) is 32.8 Å². The number of unbranched alkanes of at least 4 members (excludes halogenated alkanes) is 1. The van der Waals surface area contributed by atoms with Gasteiger partial charge >= 0.3 is 0 Å². The Morgan fingerprint density at radius 1 is 1.56 bits per heavy atom. The second-order valence-corrected chi connectivity index (χ2v) is 4.89. The molecule has 2 atom stereocenters. The van der Waals surface area contributed by atoms with E-state index in [1.807, 2.05) is 7.05 Å². The van der Waals surface area contributed by atoms with E-state index in [2.05, 4.69) is 17.1 Å². The smallest absolute Gasteiger partial charge is 0.0900 e. The van der Waals surface area contributed by atoms with Crippen LogP contribution in [0.5, 0.6) is 0 Å². The predicted molar refractivity (Wildman–Crippen MR) is 71.8 cm³/mol. The summed E-state index contributed by atoms with van der Waals surface area (Å²) in [4.78, 5) is 2.25. The summed E-state index contributed by atoms with van der Waals surface area (Å²) in [5, 5.41) is 13.0. The molecule has 2 N–H and O–H groups in total. The summed E-state index contributed by atoms with van der Waals surface area (Å²) in [6.07, 6.45) is 2.03. The monoisotopic (exact) mass is 260 g/mol. The molecule has 18 heavy (non-hydrogen) atoms. The van der Waals surface area contributed by atoms with Gasteiger partial charge in [0.05, 0.1) is 25.4 Å². The van der Waals surface area contributed by atoms with Gasteiger partial charge in [-0.1, -0.05) is 13.3 Å². The van der Waals surface area contributed by atoms with E-state index in [1.165, 1.54) is 0 Å². The van der Waals surface area contributed by atoms with Gasteiger partial charge in [-0.2, -0.15) is 0 Å². The fraction of sp³-hybridized carbons (Fsp3) is 1.00. The first-order valence-electron chi connectivity index (χ1n) is 7.00. The maximum atomic E-state index is 9.89. The van der Waals surface area contributed by atoms with Crippen LogP contribution in [0.25, 0.3) is 0 Å². The molecule has 108 valence electrons. The van der Waals surface area contributed by atoms with Crippen molar-refractivity contribution in [3.8, 4) is 0 Å². The number of likely N-dealkylation sites (N-methyl/N-ethyl adjacent to an activating group) is 1. The molecule has 0 radical (unpaired) electrons. The SMILES string of the molecule is CCCCOCC(O)CN1CCOC(CNC)C1. The van der Waals surface area contributed by atoms with E-state index < -0.39 is 6.10 Å². The number of nitrogens with one attached hydrogen (secondary N) is 1. The molecule has 0 spiro atoms. The Hall–Kier alpha value is -0.200. The number of aliphatic hydroxyl groups excluding tert-OH is 1. The van der Waals surface area contributed by atoms with Crippen molar-refractivity contribution in [2.75, 3.05) is 53.0 Å². The zero-order chi connectivity index (χ0) is 13.2. The van der Waals surface area contributed by atoms with Crippen molar-refractivity contribution < 1.29 is 14.6 Å². The Labute approximate surface area is 110 Å². The van der Waals surface area contributed by atoms with Crippen LogP contribution in [0.15, 0.2) is 0 Å². The molecular weight excluding hydrogens is 232 g/mol. The first kappa shape index (κ1) is 15.9. The van der Waals surface area contributed by atoms with Crippen LogP contribution in [0.2, 0.25) is 0 Å². The Morgan fingerprint density at radius 3 is 3.11 bits per heavy atom. The van der Waals surface area contributed by atoms with Gasteiger partial charge in [-0.05, 0) is 13.5 Å². The summed E-state index contributed by atoms with van der Waals surface area (Å²) >= 11 is 0. The average molecular weight is 260 g/mol. The first-order chi connectivity index (χ1) is 8.76. The Bertz CT molecular complexity index is 203. The number of morpholine rings is 1. The number of ether oxygens (including phenoxy) is 2. The van der Waals surface area contributed by atoms with E-state index >= 15 is 0 Å². The van der Waals surface area contributed by atoms with Gasteiger partial charge in [-0.3, -0.25) is 4.90 Å². The fourth-order valence-electron chi connectivity index (χ4n) is 2.11. The quantitative estimate of drug-likeness (QED) is 0.575. The minimum absolute atomic E-state index is 0.233. The lowest BCUT2D eigenvalue weighted by molar-refractivity contribution is -0.0494. The summed E-state index contributed by atoms with van der Waals surface area (Å²) in [6.45, 7) is 7.38. The van der Waals surface area contributed by atoms with Crippen LogP contribution in [-0.4, -0.2) is 75.3 Å². The molecule has 0 aromatic rings.